The van der Waals surface area contributed by atoms with Crippen LogP contribution in [0.5, 0.6) is 0 Å². The number of methoxy groups -OCH3 is 1. The summed E-state index contributed by atoms with van der Waals surface area (Å²) in [7, 11) is 1.33. The molecule has 0 aromatic carbocycles. The van der Waals surface area contributed by atoms with Crippen molar-refractivity contribution in [3.8, 4) is 0 Å². The summed E-state index contributed by atoms with van der Waals surface area (Å²) in [5, 5.41) is 0. The van der Waals surface area contributed by atoms with E-state index in [1.54, 1.807) is 0 Å². The lowest BCUT2D eigenvalue weighted by Crippen LogP contribution is -2.15. The number of carbonyl (C=O) groups is 1. The summed E-state index contributed by atoms with van der Waals surface area (Å²) in [5.74, 6) is -0.379. The number of hydrogen-bond acceptors (Lipinski definition) is 6. The topological polar surface area (TPSA) is 63.2 Å². The van der Waals surface area contributed by atoms with E-state index in [-0.39, 0.29) is 12.6 Å². The molecule has 0 aliphatic heterocycles. The molecule has 0 heterocycles. The van der Waals surface area contributed by atoms with Crippen LogP contribution in [0.1, 0.15) is 58.3 Å². The van der Waals surface area contributed by atoms with E-state index in [9.17, 15) is 4.79 Å². The highest BCUT2D eigenvalue weighted by molar-refractivity contribution is 5.70. The second-order valence-electron chi connectivity index (χ2n) is 5.94. The minimum Gasteiger partial charge on any atom is -0.467 e. The minimum absolute atomic E-state index is 0.0352. The Morgan fingerprint density at radius 2 is 1.04 bits per heavy atom. The second kappa shape index (κ2) is 21.4. The first-order chi connectivity index (χ1) is 12.3. The zero-order chi connectivity index (χ0) is 18.4. The lowest BCUT2D eigenvalue weighted by molar-refractivity contribution is -0.146. The smallest absolute Gasteiger partial charge is 0.331 e. The van der Waals surface area contributed by atoms with Gasteiger partial charge in [-0.1, -0.05) is 51.9 Å². The molecule has 0 unspecified atom stereocenters. The van der Waals surface area contributed by atoms with Crippen LogP contribution in [0.3, 0.4) is 0 Å². The molecule has 0 bridgehead atoms. The number of hydrogen-bond donors (Lipinski definition) is 0. The molecule has 150 valence electrons. The van der Waals surface area contributed by atoms with Gasteiger partial charge in [0.05, 0.1) is 46.8 Å². The molecule has 0 radical (unpaired) electrons. The molecule has 0 aliphatic carbocycles. The Hall–Kier alpha value is -0.690. The second-order valence-corrected chi connectivity index (χ2v) is 5.94. The van der Waals surface area contributed by atoms with Crippen LogP contribution in [0.25, 0.3) is 0 Å². The molecular weight excluding hydrogens is 324 g/mol. The van der Waals surface area contributed by atoms with Gasteiger partial charge in [0.25, 0.3) is 0 Å². The molecule has 0 aromatic heterocycles. The van der Waals surface area contributed by atoms with Crippen LogP contribution in [0.15, 0.2) is 0 Å². The average molecular weight is 363 g/mol. The Bertz CT molecular complexity index is 273. The third kappa shape index (κ3) is 21.3. The van der Waals surface area contributed by atoms with Gasteiger partial charge in [-0.25, -0.2) is 4.79 Å². The molecule has 0 fully saturated rings. The fourth-order valence-electron chi connectivity index (χ4n) is 2.21. The number of unbranched alkanes of at least 4 members (excludes halogenated alkanes) is 7. The van der Waals surface area contributed by atoms with Gasteiger partial charge in [0.15, 0.2) is 0 Å². The highest BCUT2D eigenvalue weighted by Crippen LogP contribution is 2.08. The van der Waals surface area contributed by atoms with Gasteiger partial charge in [0, 0.05) is 6.61 Å². The van der Waals surface area contributed by atoms with E-state index >= 15 is 0 Å². The third-order valence-corrected chi connectivity index (χ3v) is 3.71. The van der Waals surface area contributed by atoms with Crippen LogP contribution in [0.4, 0.5) is 0 Å². The zero-order valence-corrected chi connectivity index (χ0v) is 16.3. The molecule has 0 aliphatic rings. The van der Waals surface area contributed by atoms with Crippen LogP contribution < -0.4 is 0 Å². The van der Waals surface area contributed by atoms with Crippen LogP contribution >= 0.6 is 0 Å². The molecule has 25 heavy (non-hydrogen) atoms. The molecule has 0 saturated carbocycles. The highest BCUT2D eigenvalue weighted by atomic mass is 16.6. The largest absolute Gasteiger partial charge is 0.467 e. The number of rotatable bonds is 20. The summed E-state index contributed by atoms with van der Waals surface area (Å²) in [4.78, 5) is 10.8. The van der Waals surface area contributed by atoms with Gasteiger partial charge in [0.2, 0.25) is 0 Å². The molecule has 0 atom stereocenters. The quantitative estimate of drug-likeness (QED) is 0.244. The summed E-state index contributed by atoms with van der Waals surface area (Å²) in [5.41, 5.74) is 0. The number of ether oxygens (including phenoxy) is 5. The zero-order valence-electron chi connectivity index (χ0n) is 16.3. The van der Waals surface area contributed by atoms with Gasteiger partial charge in [-0.05, 0) is 6.42 Å². The Kier molecular flexibility index (Phi) is 20.8. The summed E-state index contributed by atoms with van der Waals surface area (Å²) >= 11 is 0. The van der Waals surface area contributed by atoms with Crippen LogP contribution in [0, 0.1) is 0 Å². The molecule has 6 heteroatoms. The lowest BCUT2D eigenvalue weighted by atomic mass is 10.1. The van der Waals surface area contributed by atoms with Crippen LogP contribution in [-0.4, -0.2) is 65.9 Å². The highest BCUT2D eigenvalue weighted by Gasteiger charge is 1.99. The van der Waals surface area contributed by atoms with Crippen molar-refractivity contribution in [1.29, 1.82) is 0 Å². The van der Waals surface area contributed by atoms with Crippen LogP contribution in [-0.2, 0) is 28.5 Å². The van der Waals surface area contributed by atoms with Gasteiger partial charge >= 0.3 is 5.97 Å². The molecule has 0 saturated heterocycles. The van der Waals surface area contributed by atoms with Crippen molar-refractivity contribution in [2.75, 3.05) is 60.0 Å². The fourth-order valence-corrected chi connectivity index (χ4v) is 2.21. The molecular formula is C19H38O6. The Balaban J connectivity index is 2.99. The molecule has 0 aromatic rings. The SMILES string of the molecule is CCCCCCCCCCOCCOCCOCCOCC(=O)OC. The normalized spacial score (nSPS) is 11.0. The first-order valence-corrected chi connectivity index (χ1v) is 9.69. The molecule has 0 amide bonds. The molecule has 6 nitrogen and oxygen atoms in total. The predicted molar refractivity (Wildman–Crippen MR) is 97.9 cm³/mol. The number of carbonyl (C=O) groups excluding carboxylic acids is 1. The van der Waals surface area contributed by atoms with E-state index in [1.807, 2.05) is 0 Å². The predicted octanol–water partition coefficient (Wildman–Crippen LogP) is 3.37. The monoisotopic (exact) mass is 362 g/mol. The third-order valence-electron chi connectivity index (χ3n) is 3.71. The standard InChI is InChI=1S/C19H38O6/c1-3-4-5-6-7-8-9-10-11-22-12-13-23-14-15-24-16-17-25-18-19(20)21-2/h3-18H2,1-2H3. The van der Waals surface area contributed by atoms with E-state index in [4.69, 9.17) is 18.9 Å². The van der Waals surface area contributed by atoms with Gasteiger partial charge in [0.1, 0.15) is 6.61 Å². The van der Waals surface area contributed by atoms with Gasteiger partial charge in [-0.15, -0.1) is 0 Å². The Labute approximate surface area is 153 Å². The van der Waals surface area contributed by atoms with Crippen LogP contribution in [0.2, 0.25) is 0 Å². The lowest BCUT2D eigenvalue weighted by Gasteiger charge is -2.07. The maximum absolute atomic E-state index is 10.8. The van der Waals surface area contributed by atoms with Gasteiger partial charge in [-0.3, -0.25) is 0 Å². The first kappa shape index (κ1) is 24.3. The van der Waals surface area contributed by atoms with Gasteiger partial charge in [-0.2, -0.15) is 0 Å². The first-order valence-electron chi connectivity index (χ1n) is 9.69. The van der Waals surface area contributed by atoms with Crippen molar-refractivity contribution in [3.63, 3.8) is 0 Å². The Morgan fingerprint density at radius 3 is 1.56 bits per heavy atom. The van der Waals surface area contributed by atoms with E-state index in [2.05, 4.69) is 11.7 Å². The Morgan fingerprint density at radius 1 is 0.600 bits per heavy atom. The minimum atomic E-state index is -0.379. The summed E-state index contributed by atoms with van der Waals surface area (Å²) < 4.78 is 25.8. The molecule has 0 spiro atoms. The molecule has 0 N–H and O–H groups in total. The summed E-state index contributed by atoms with van der Waals surface area (Å²) in [6.45, 7) is 6.14. The van der Waals surface area contributed by atoms with Crippen molar-refractivity contribution in [2.24, 2.45) is 0 Å². The fraction of sp³-hybridized carbons (Fsp3) is 0.947. The maximum Gasteiger partial charge on any atom is 0.331 e. The number of esters is 1. The average Bonchev–Trinajstić information content (AvgIpc) is 2.63. The van der Waals surface area contributed by atoms with E-state index < -0.39 is 0 Å². The van der Waals surface area contributed by atoms with E-state index in [0.29, 0.717) is 39.6 Å². The maximum atomic E-state index is 10.8. The molecule has 0 rings (SSSR count). The summed E-state index contributed by atoms with van der Waals surface area (Å²) in [6.07, 6.45) is 10.5. The van der Waals surface area contributed by atoms with Crippen molar-refractivity contribution >= 4 is 5.97 Å². The summed E-state index contributed by atoms with van der Waals surface area (Å²) in [6, 6.07) is 0. The van der Waals surface area contributed by atoms with Crippen molar-refractivity contribution in [3.05, 3.63) is 0 Å². The van der Waals surface area contributed by atoms with Crippen molar-refractivity contribution in [1.82, 2.24) is 0 Å². The van der Waals surface area contributed by atoms with Crippen molar-refractivity contribution < 1.29 is 28.5 Å². The van der Waals surface area contributed by atoms with E-state index in [1.165, 1.54) is 52.1 Å². The van der Waals surface area contributed by atoms with Gasteiger partial charge < -0.3 is 23.7 Å². The van der Waals surface area contributed by atoms with E-state index in [0.717, 1.165) is 13.0 Å². The van der Waals surface area contributed by atoms with Crippen molar-refractivity contribution in [2.45, 2.75) is 58.3 Å².